The Morgan fingerprint density at radius 2 is 1.67 bits per heavy atom. The van der Waals surface area contributed by atoms with Gasteiger partial charge in [0.15, 0.2) is 0 Å². The smallest absolute Gasteiger partial charge is 0.00137 e. The van der Waals surface area contributed by atoms with E-state index in [4.69, 9.17) is 0 Å². The summed E-state index contributed by atoms with van der Waals surface area (Å²) in [5, 5.41) is 3.48. The molecule has 0 aromatic rings. The van der Waals surface area contributed by atoms with Crippen molar-refractivity contribution in [3.8, 4) is 0 Å². The molecule has 0 unspecified atom stereocenters. The molecule has 0 spiro atoms. The van der Waals surface area contributed by atoms with Gasteiger partial charge in [-0.1, -0.05) is 27.2 Å². The summed E-state index contributed by atoms with van der Waals surface area (Å²) in [5.41, 5.74) is 0.647. The number of nitrogens with zero attached hydrogens (tertiary/aromatic N) is 1. The van der Waals surface area contributed by atoms with Crippen molar-refractivity contribution < 1.29 is 0 Å². The highest BCUT2D eigenvalue weighted by Crippen LogP contribution is 2.36. The van der Waals surface area contributed by atoms with Crippen LogP contribution in [-0.4, -0.2) is 37.6 Å². The monoisotopic (exact) mass is 212 g/mol. The third kappa shape index (κ3) is 3.76. The summed E-state index contributed by atoms with van der Waals surface area (Å²) < 4.78 is 0. The molecule has 0 aliphatic carbocycles. The predicted octanol–water partition coefficient (Wildman–Crippen LogP) is 2.50. The number of piperidine rings is 1. The zero-order chi connectivity index (χ0) is 11.1. The molecule has 0 aromatic carbocycles. The SMILES string of the molecule is CCN(CC)CCC1(CC)CCNCC1. The predicted molar refractivity (Wildman–Crippen MR) is 67.2 cm³/mol. The standard InChI is InChI=1S/C13H28N2/c1-4-13(7-10-14-11-8-13)9-12-15(5-2)6-3/h14H,4-12H2,1-3H3. The molecule has 2 heteroatoms. The first-order valence-electron chi connectivity index (χ1n) is 6.69. The Morgan fingerprint density at radius 1 is 1.07 bits per heavy atom. The fourth-order valence-corrected chi connectivity index (χ4v) is 2.67. The molecule has 0 atom stereocenters. The van der Waals surface area contributed by atoms with Gasteiger partial charge in [0.2, 0.25) is 0 Å². The highest BCUT2D eigenvalue weighted by Gasteiger charge is 2.29. The molecule has 1 N–H and O–H groups in total. The second-order valence-electron chi connectivity index (χ2n) is 4.88. The minimum absolute atomic E-state index is 0.647. The highest BCUT2D eigenvalue weighted by atomic mass is 15.1. The lowest BCUT2D eigenvalue weighted by atomic mass is 9.74. The van der Waals surface area contributed by atoms with Gasteiger partial charge in [0.05, 0.1) is 0 Å². The van der Waals surface area contributed by atoms with Crippen LogP contribution in [0.4, 0.5) is 0 Å². The summed E-state index contributed by atoms with van der Waals surface area (Å²) in [5.74, 6) is 0. The maximum absolute atomic E-state index is 3.48. The molecule has 0 radical (unpaired) electrons. The average molecular weight is 212 g/mol. The van der Waals surface area contributed by atoms with Gasteiger partial charge in [-0.15, -0.1) is 0 Å². The van der Waals surface area contributed by atoms with Crippen LogP contribution in [0, 0.1) is 5.41 Å². The average Bonchev–Trinajstić information content (AvgIpc) is 2.31. The van der Waals surface area contributed by atoms with Gasteiger partial charge in [-0.25, -0.2) is 0 Å². The Hall–Kier alpha value is -0.0800. The van der Waals surface area contributed by atoms with E-state index in [1.54, 1.807) is 0 Å². The van der Waals surface area contributed by atoms with E-state index in [-0.39, 0.29) is 0 Å². The Balaban J connectivity index is 2.38. The first-order valence-corrected chi connectivity index (χ1v) is 6.69. The minimum atomic E-state index is 0.647. The quantitative estimate of drug-likeness (QED) is 0.728. The van der Waals surface area contributed by atoms with Crippen LogP contribution < -0.4 is 5.32 Å². The van der Waals surface area contributed by atoms with Crippen molar-refractivity contribution in [2.75, 3.05) is 32.7 Å². The van der Waals surface area contributed by atoms with Gasteiger partial charge in [-0.3, -0.25) is 0 Å². The van der Waals surface area contributed by atoms with Gasteiger partial charge in [-0.05, 0) is 57.4 Å². The molecule has 0 saturated carbocycles. The molecule has 15 heavy (non-hydrogen) atoms. The van der Waals surface area contributed by atoms with Gasteiger partial charge in [-0.2, -0.15) is 0 Å². The molecule has 1 rings (SSSR count). The Kier molecular flexibility index (Phi) is 5.62. The normalized spacial score (nSPS) is 20.8. The van der Waals surface area contributed by atoms with Crippen LogP contribution in [-0.2, 0) is 0 Å². The summed E-state index contributed by atoms with van der Waals surface area (Å²) >= 11 is 0. The second-order valence-corrected chi connectivity index (χ2v) is 4.88. The van der Waals surface area contributed by atoms with Gasteiger partial charge < -0.3 is 10.2 Å². The summed E-state index contributed by atoms with van der Waals surface area (Å²) in [4.78, 5) is 2.56. The lowest BCUT2D eigenvalue weighted by Gasteiger charge is -2.38. The molecular weight excluding hydrogens is 184 g/mol. The first kappa shape index (κ1) is 13.0. The van der Waals surface area contributed by atoms with E-state index in [0.717, 1.165) is 0 Å². The van der Waals surface area contributed by atoms with Crippen molar-refractivity contribution in [3.63, 3.8) is 0 Å². The minimum Gasteiger partial charge on any atom is -0.317 e. The molecule has 1 aliphatic rings. The fourth-order valence-electron chi connectivity index (χ4n) is 2.67. The van der Waals surface area contributed by atoms with Crippen LogP contribution >= 0.6 is 0 Å². The van der Waals surface area contributed by atoms with Crippen molar-refractivity contribution in [2.45, 2.75) is 46.5 Å². The van der Waals surface area contributed by atoms with Crippen molar-refractivity contribution in [1.29, 1.82) is 0 Å². The first-order chi connectivity index (χ1) is 7.26. The van der Waals surface area contributed by atoms with E-state index in [9.17, 15) is 0 Å². The van der Waals surface area contributed by atoms with Gasteiger partial charge in [0.1, 0.15) is 0 Å². The van der Waals surface area contributed by atoms with Crippen LogP contribution in [0.5, 0.6) is 0 Å². The molecule has 0 bridgehead atoms. The van der Waals surface area contributed by atoms with Gasteiger partial charge in [0, 0.05) is 0 Å². The maximum Gasteiger partial charge on any atom is -0.00137 e. The van der Waals surface area contributed by atoms with Crippen LogP contribution in [0.25, 0.3) is 0 Å². The van der Waals surface area contributed by atoms with Crippen molar-refractivity contribution in [2.24, 2.45) is 5.41 Å². The summed E-state index contributed by atoms with van der Waals surface area (Å²) in [6.45, 7) is 13.1. The Labute approximate surface area is 95.4 Å². The summed E-state index contributed by atoms with van der Waals surface area (Å²) in [6, 6.07) is 0. The molecule has 1 aliphatic heterocycles. The van der Waals surface area contributed by atoms with Crippen LogP contribution in [0.1, 0.15) is 46.5 Å². The molecule has 1 fully saturated rings. The molecule has 90 valence electrons. The van der Waals surface area contributed by atoms with Gasteiger partial charge in [0.25, 0.3) is 0 Å². The zero-order valence-electron chi connectivity index (χ0n) is 10.8. The maximum atomic E-state index is 3.48. The number of nitrogens with one attached hydrogen (secondary N) is 1. The van der Waals surface area contributed by atoms with E-state index in [1.165, 1.54) is 58.4 Å². The van der Waals surface area contributed by atoms with E-state index in [1.807, 2.05) is 0 Å². The molecule has 1 saturated heterocycles. The summed E-state index contributed by atoms with van der Waals surface area (Å²) in [7, 11) is 0. The molecule has 0 amide bonds. The second kappa shape index (κ2) is 6.49. The number of hydrogen-bond donors (Lipinski definition) is 1. The third-order valence-corrected chi connectivity index (χ3v) is 4.27. The van der Waals surface area contributed by atoms with E-state index in [0.29, 0.717) is 5.41 Å². The Morgan fingerprint density at radius 3 is 2.13 bits per heavy atom. The van der Waals surface area contributed by atoms with Crippen molar-refractivity contribution >= 4 is 0 Å². The van der Waals surface area contributed by atoms with E-state index in [2.05, 4.69) is 31.0 Å². The topological polar surface area (TPSA) is 15.3 Å². The van der Waals surface area contributed by atoms with Crippen molar-refractivity contribution in [3.05, 3.63) is 0 Å². The molecule has 0 aromatic heterocycles. The third-order valence-electron chi connectivity index (χ3n) is 4.27. The Bertz CT molecular complexity index is 158. The largest absolute Gasteiger partial charge is 0.317 e. The van der Waals surface area contributed by atoms with E-state index < -0.39 is 0 Å². The summed E-state index contributed by atoms with van der Waals surface area (Å²) in [6.07, 6.45) is 5.51. The zero-order valence-corrected chi connectivity index (χ0v) is 10.8. The van der Waals surface area contributed by atoms with Crippen LogP contribution in [0.3, 0.4) is 0 Å². The fraction of sp³-hybridized carbons (Fsp3) is 1.00. The molecule has 2 nitrogen and oxygen atoms in total. The van der Waals surface area contributed by atoms with Crippen LogP contribution in [0.2, 0.25) is 0 Å². The number of rotatable bonds is 6. The van der Waals surface area contributed by atoms with E-state index >= 15 is 0 Å². The van der Waals surface area contributed by atoms with Crippen molar-refractivity contribution in [1.82, 2.24) is 10.2 Å². The molecule has 1 heterocycles. The van der Waals surface area contributed by atoms with Crippen LogP contribution in [0.15, 0.2) is 0 Å². The lowest BCUT2D eigenvalue weighted by molar-refractivity contribution is 0.146. The highest BCUT2D eigenvalue weighted by molar-refractivity contribution is 4.84. The molecular formula is C13H28N2. The lowest BCUT2D eigenvalue weighted by Crippen LogP contribution is -2.39. The number of hydrogen-bond acceptors (Lipinski definition) is 2. The van der Waals surface area contributed by atoms with Gasteiger partial charge >= 0.3 is 0 Å².